The molecule has 0 radical (unpaired) electrons. The zero-order valence-corrected chi connectivity index (χ0v) is 16.5. The molecule has 0 spiro atoms. The third kappa shape index (κ3) is 5.70. The van der Waals surface area contributed by atoms with Crippen LogP contribution in [0.15, 0.2) is 29.3 Å². The number of anilines is 1. The minimum absolute atomic E-state index is 0.109. The van der Waals surface area contributed by atoms with Crippen LogP contribution in [0.5, 0.6) is 0 Å². The predicted octanol–water partition coefficient (Wildman–Crippen LogP) is 3.05. The van der Waals surface area contributed by atoms with E-state index >= 15 is 0 Å². The quantitative estimate of drug-likeness (QED) is 0.530. The van der Waals surface area contributed by atoms with Crippen LogP contribution in [0, 0.1) is 5.92 Å². The van der Waals surface area contributed by atoms with Gasteiger partial charge in [0.2, 0.25) is 5.91 Å². The summed E-state index contributed by atoms with van der Waals surface area (Å²) in [5.41, 5.74) is 1.86. The van der Waals surface area contributed by atoms with Gasteiger partial charge < -0.3 is 20.7 Å². The maximum Gasteiger partial charge on any atom is 0.227 e. The number of benzene rings is 1. The molecular formula is C21H32N4O2. The largest absolute Gasteiger partial charge is 0.373 e. The first-order valence-corrected chi connectivity index (χ1v) is 10.1. The van der Waals surface area contributed by atoms with E-state index in [1.165, 1.54) is 0 Å². The normalized spacial score (nSPS) is 23.4. The van der Waals surface area contributed by atoms with Gasteiger partial charge in [0.25, 0.3) is 0 Å². The molecule has 3 N–H and O–H groups in total. The second-order valence-electron chi connectivity index (χ2n) is 7.85. The molecule has 1 atom stereocenters. The molecule has 6 heteroatoms. The van der Waals surface area contributed by atoms with Crippen molar-refractivity contribution in [1.29, 1.82) is 0 Å². The average Bonchev–Trinajstić information content (AvgIpc) is 3.34. The minimum Gasteiger partial charge on any atom is -0.373 e. The molecule has 0 aromatic heterocycles. The fourth-order valence-electron chi connectivity index (χ4n) is 3.84. The molecule has 1 aromatic carbocycles. The molecule has 1 saturated carbocycles. The van der Waals surface area contributed by atoms with Crippen molar-refractivity contribution in [2.75, 3.05) is 25.5 Å². The topological polar surface area (TPSA) is 74.8 Å². The molecule has 6 nitrogen and oxygen atoms in total. The van der Waals surface area contributed by atoms with Crippen molar-refractivity contribution in [3.8, 4) is 0 Å². The number of nitrogens with zero attached hydrogens (tertiary/aromatic N) is 1. The Hall–Kier alpha value is -2.08. The molecule has 1 aliphatic carbocycles. The lowest BCUT2D eigenvalue weighted by molar-refractivity contribution is -0.119. The smallest absolute Gasteiger partial charge is 0.227 e. The maximum absolute atomic E-state index is 12.3. The number of rotatable bonds is 6. The van der Waals surface area contributed by atoms with Crippen molar-refractivity contribution >= 4 is 17.6 Å². The minimum atomic E-state index is -0.109. The summed E-state index contributed by atoms with van der Waals surface area (Å²) in [6.45, 7) is 4.36. The summed E-state index contributed by atoms with van der Waals surface area (Å²) in [4.78, 5) is 16.6. The number of nitrogens with one attached hydrogen (secondary N) is 3. The summed E-state index contributed by atoms with van der Waals surface area (Å²) >= 11 is 0. The summed E-state index contributed by atoms with van der Waals surface area (Å²) in [7, 11) is 1.77. The highest BCUT2D eigenvalue weighted by atomic mass is 16.5. The van der Waals surface area contributed by atoms with Gasteiger partial charge >= 0.3 is 0 Å². The summed E-state index contributed by atoms with van der Waals surface area (Å²) in [6.07, 6.45) is 6.54. The van der Waals surface area contributed by atoms with Crippen molar-refractivity contribution in [2.45, 2.75) is 57.6 Å². The molecule has 1 aromatic rings. The molecular weight excluding hydrogens is 340 g/mol. The number of carbonyl (C=O) groups is 1. The summed E-state index contributed by atoms with van der Waals surface area (Å²) in [6, 6.07) is 7.99. The van der Waals surface area contributed by atoms with Gasteiger partial charge in [-0.25, -0.2) is 0 Å². The lowest BCUT2D eigenvalue weighted by Crippen LogP contribution is -2.45. The Kier molecular flexibility index (Phi) is 6.72. The van der Waals surface area contributed by atoms with E-state index in [1.807, 2.05) is 24.3 Å². The second-order valence-corrected chi connectivity index (χ2v) is 7.85. The number of hydrogen-bond donors (Lipinski definition) is 3. The Bertz CT molecular complexity index is 662. The SMILES string of the molecule is CN=C(NCc1cccc(NC(=O)C2CCCC2)c1)NCC1(C)CCCO1. The van der Waals surface area contributed by atoms with Crippen LogP contribution >= 0.6 is 0 Å². The summed E-state index contributed by atoms with van der Waals surface area (Å²) in [5.74, 6) is 1.08. The molecule has 1 saturated heterocycles. The van der Waals surface area contributed by atoms with Crippen molar-refractivity contribution in [1.82, 2.24) is 10.6 Å². The molecule has 27 heavy (non-hydrogen) atoms. The van der Waals surface area contributed by atoms with Crippen molar-refractivity contribution in [2.24, 2.45) is 10.9 Å². The Labute approximate surface area is 162 Å². The number of guanidine groups is 1. The first-order valence-electron chi connectivity index (χ1n) is 10.1. The van der Waals surface area contributed by atoms with Gasteiger partial charge in [-0.3, -0.25) is 9.79 Å². The Morgan fingerprint density at radius 3 is 2.78 bits per heavy atom. The molecule has 2 aliphatic rings. The van der Waals surface area contributed by atoms with Crippen molar-refractivity contribution < 1.29 is 9.53 Å². The Balaban J connectivity index is 1.48. The number of ether oxygens (including phenoxy) is 1. The second kappa shape index (κ2) is 9.22. The van der Waals surface area contributed by atoms with Crippen LogP contribution in [0.4, 0.5) is 5.69 Å². The molecule has 3 rings (SSSR count). The summed E-state index contributed by atoms with van der Waals surface area (Å²) < 4.78 is 5.81. The van der Waals surface area contributed by atoms with E-state index in [1.54, 1.807) is 7.05 Å². The van der Waals surface area contributed by atoms with Crippen molar-refractivity contribution in [3.63, 3.8) is 0 Å². The monoisotopic (exact) mass is 372 g/mol. The van der Waals surface area contributed by atoms with Gasteiger partial charge in [0.05, 0.1) is 5.60 Å². The van der Waals surface area contributed by atoms with E-state index in [2.05, 4.69) is 27.9 Å². The van der Waals surface area contributed by atoms with Crippen LogP contribution < -0.4 is 16.0 Å². The molecule has 1 unspecified atom stereocenters. The van der Waals surface area contributed by atoms with Crippen LogP contribution in [-0.2, 0) is 16.1 Å². The summed E-state index contributed by atoms with van der Waals surface area (Å²) in [5, 5.41) is 9.75. The lowest BCUT2D eigenvalue weighted by Gasteiger charge is -2.24. The number of carbonyl (C=O) groups excluding carboxylic acids is 1. The fraction of sp³-hybridized carbons (Fsp3) is 0.619. The van der Waals surface area contributed by atoms with E-state index in [0.29, 0.717) is 6.54 Å². The van der Waals surface area contributed by atoms with Gasteiger partial charge in [0.15, 0.2) is 5.96 Å². The lowest BCUT2D eigenvalue weighted by atomic mass is 10.0. The standard InChI is InChI=1S/C21H32N4O2/c1-21(11-6-12-27-21)15-24-20(22-2)23-14-16-7-5-10-18(13-16)25-19(26)17-8-3-4-9-17/h5,7,10,13,17H,3-4,6,8-9,11-12,14-15H2,1-2H3,(H,25,26)(H2,22,23,24). The van der Waals surface area contributed by atoms with E-state index in [-0.39, 0.29) is 17.4 Å². The van der Waals surface area contributed by atoms with Crippen LogP contribution in [0.25, 0.3) is 0 Å². The van der Waals surface area contributed by atoms with Gasteiger partial charge in [-0.2, -0.15) is 0 Å². The van der Waals surface area contributed by atoms with E-state index in [9.17, 15) is 4.79 Å². The third-order valence-electron chi connectivity index (χ3n) is 5.53. The number of hydrogen-bond acceptors (Lipinski definition) is 3. The first-order chi connectivity index (χ1) is 13.1. The zero-order chi connectivity index (χ0) is 19.1. The van der Waals surface area contributed by atoms with Crippen LogP contribution in [0.1, 0.15) is 51.0 Å². The van der Waals surface area contributed by atoms with Crippen molar-refractivity contribution in [3.05, 3.63) is 29.8 Å². The average molecular weight is 373 g/mol. The third-order valence-corrected chi connectivity index (χ3v) is 5.53. The first kappa shape index (κ1) is 19.7. The molecule has 1 aliphatic heterocycles. The highest BCUT2D eigenvalue weighted by Crippen LogP contribution is 2.26. The van der Waals surface area contributed by atoms with E-state index < -0.39 is 0 Å². The molecule has 148 valence electrons. The number of amides is 1. The highest BCUT2D eigenvalue weighted by Gasteiger charge is 2.29. The van der Waals surface area contributed by atoms with Crippen LogP contribution in [0.3, 0.4) is 0 Å². The van der Waals surface area contributed by atoms with E-state index in [4.69, 9.17) is 4.74 Å². The fourth-order valence-corrected chi connectivity index (χ4v) is 3.84. The Morgan fingerprint density at radius 1 is 1.26 bits per heavy atom. The van der Waals surface area contributed by atoms with Gasteiger partial charge in [-0.1, -0.05) is 25.0 Å². The molecule has 1 heterocycles. The molecule has 0 bridgehead atoms. The van der Waals surface area contributed by atoms with Gasteiger partial charge in [0.1, 0.15) is 0 Å². The van der Waals surface area contributed by atoms with Gasteiger partial charge in [0, 0.05) is 38.3 Å². The Morgan fingerprint density at radius 2 is 2.07 bits per heavy atom. The van der Waals surface area contributed by atoms with E-state index in [0.717, 1.165) is 68.9 Å². The van der Waals surface area contributed by atoms with Gasteiger partial charge in [-0.15, -0.1) is 0 Å². The highest BCUT2D eigenvalue weighted by molar-refractivity contribution is 5.92. The zero-order valence-electron chi connectivity index (χ0n) is 16.5. The van der Waals surface area contributed by atoms with Crippen LogP contribution in [0.2, 0.25) is 0 Å². The maximum atomic E-state index is 12.3. The number of aliphatic imine (C=N–C) groups is 1. The van der Waals surface area contributed by atoms with Gasteiger partial charge in [-0.05, 0) is 50.3 Å². The molecule has 1 amide bonds. The predicted molar refractivity (Wildman–Crippen MR) is 109 cm³/mol. The molecule has 2 fully saturated rings. The van der Waals surface area contributed by atoms with Crippen LogP contribution in [-0.4, -0.2) is 37.7 Å².